The fraction of sp³-hybridized carbons (Fsp3) is 0.600. The fourth-order valence-corrected chi connectivity index (χ4v) is 2.67. The fourth-order valence-electron chi connectivity index (χ4n) is 2.67. The summed E-state index contributed by atoms with van der Waals surface area (Å²) in [5.41, 5.74) is 0.581. The molecule has 0 aromatic heterocycles. The van der Waals surface area contributed by atoms with E-state index in [0.29, 0.717) is 25.6 Å². The molecule has 2 rings (SSSR count). The SMILES string of the molecule is CN=C(NCc1ccc2c(c1)OCO2)NCC(C)CN(C)C(=O)OC(C)(C)C. The Morgan fingerprint density at radius 1 is 1.29 bits per heavy atom. The van der Waals surface area contributed by atoms with Crippen molar-refractivity contribution in [3.63, 3.8) is 0 Å². The third-order valence-corrected chi connectivity index (χ3v) is 4.03. The smallest absolute Gasteiger partial charge is 0.410 e. The van der Waals surface area contributed by atoms with Gasteiger partial charge < -0.3 is 29.7 Å². The highest BCUT2D eigenvalue weighted by Gasteiger charge is 2.20. The van der Waals surface area contributed by atoms with Gasteiger partial charge in [0.1, 0.15) is 5.60 Å². The van der Waals surface area contributed by atoms with Crippen LogP contribution in [0.4, 0.5) is 4.79 Å². The maximum Gasteiger partial charge on any atom is 0.410 e. The lowest BCUT2D eigenvalue weighted by molar-refractivity contribution is 0.0278. The molecule has 0 aliphatic carbocycles. The number of carbonyl (C=O) groups is 1. The largest absolute Gasteiger partial charge is 0.454 e. The summed E-state index contributed by atoms with van der Waals surface area (Å²) >= 11 is 0. The number of hydrogen-bond acceptors (Lipinski definition) is 5. The Bertz CT molecular complexity index is 700. The van der Waals surface area contributed by atoms with Crippen molar-refractivity contribution in [2.24, 2.45) is 10.9 Å². The molecule has 0 fully saturated rings. The van der Waals surface area contributed by atoms with Gasteiger partial charge in [0.25, 0.3) is 0 Å². The molecule has 2 N–H and O–H groups in total. The first-order valence-corrected chi connectivity index (χ1v) is 9.45. The molecule has 8 heteroatoms. The summed E-state index contributed by atoms with van der Waals surface area (Å²) in [5.74, 6) is 2.46. The van der Waals surface area contributed by atoms with E-state index in [4.69, 9.17) is 14.2 Å². The monoisotopic (exact) mass is 392 g/mol. The van der Waals surface area contributed by atoms with Crippen LogP contribution in [-0.2, 0) is 11.3 Å². The van der Waals surface area contributed by atoms with Gasteiger partial charge in [0, 0.05) is 33.7 Å². The first-order valence-electron chi connectivity index (χ1n) is 9.45. The molecule has 1 unspecified atom stereocenters. The lowest BCUT2D eigenvalue weighted by Crippen LogP contribution is -2.42. The topological polar surface area (TPSA) is 84.4 Å². The Morgan fingerprint density at radius 3 is 2.68 bits per heavy atom. The number of fused-ring (bicyclic) bond motifs is 1. The predicted octanol–water partition coefficient (Wildman–Crippen LogP) is 2.58. The first kappa shape index (κ1) is 21.7. The second-order valence-corrected chi connectivity index (χ2v) is 7.96. The number of amides is 1. The van der Waals surface area contributed by atoms with Crippen molar-refractivity contribution in [2.45, 2.75) is 39.8 Å². The zero-order chi connectivity index (χ0) is 20.7. The standard InChI is InChI=1S/C20H32N4O4/c1-14(12-24(6)19(25)28-20(2,3)4)10-22-18(21-5)23-11-15-7-8-16-17(9-15)27-13-26-16/h7-9,14H,10-13H2,1-6H3,(H2,21,22,23). The van der Waals surface area contributed by atoms with Gasteiger partial charge >= 0.3 is 6.09 Å². The molecule has 1 aromatic carbocycles. The molecule has 0 radical (unpaired) electrons. The molecular formula is C20H32N4O4. The van der Waals surface area contributed by atoms with E-state index < -0.39 is 5.60 Å². The summed E-state index contributed by atoms with van der Waals surface area (Å²) in [7, 11) is 3.48. The predicted molar refractivity (Wildman–Crippen MR) is 109 cm³/mol. The Balaban J connectivity index is 1.74. The number of guanidine groups is 1. The molecule has 156 valence electrons. The maximum absolute atomic E-state index is 12.1. The number of nitrogens with zero attached hydrogens (tertiary/aromatic N) is 2. The summed E-state index contributed by atoms with van der Waals surface area (Å²) < 4.78 is 16.1. The molecule has 1 atom stereocenters. The minimum Gasteiger partial charge on any atom is -0.454 e. The molecule has 1 amide bonds. The van der Waals surface area contributed by atoms with E-state index >= 15 is 0 Å². The summed E-state index contributed by atoms with van der Waals surface area (Å²) in [6.45, 7) is 9.79. The Morgan fingerprint density at radius 2 is 2.00 bits per heavy atom. The highest BCUT2D eigenvalue weighted by Crippen LogP contribution is 2.32. The van der Waals surface area contributed by atoms with Crippen LogP contribution in [0.3, 0.4) is 0 Å². The van der Waals surface area contributed by atoms with Crippen LogP contribution in [0.1, 0.15) is 33.3 Å². The van der Waals surface area contributed by atoms with Crippen LogP contribution in [0.25, 0.3) is 0 Å². The van der Waals surface area contributed by atoms with Crippen molar-refractivity contribution in [1.29, 1.82) is 0 Å². The molecular weight excluding hydrogens is 360 g/mol. The average molecular weight is 393 g/mol. The van der Waals surface area contributed by atoms with Crippen LogP contribution in [0, 0.1) is 5.92 Å². The van der Waals surface area contributed by atoms with Crippen molar-refractivity contribution in [3.05, 3.63) is 23.8 Å². The van der Waals surface area contributed by atoms with Gasteiger partial charge in [0.2, 0.25) is 6.79 Å². The molecule has 0 spiro atoms. The van der Waals surface area contributed by atoms with Crippen LogP contribution >= 0.6 is 0 Å². The van der Waals surface area contributed by atoms with Gasteiger partial charge in [0.15, 0.2) is 17.5 Å². The van der Waals surface area contributed by atoms with E-state index in [9.17, 15) is 4.79 Å². The van der Waals surface area contributed by atoms with Gasteiger partial charge in [-0.25, -0.2) is 4.79 Å². The molecule has 0 saturated heterocycles. The van der Waals surface area contributed by atoms with Gasteiger partial charge in [-0.2, -0.15) is 0 Å². The number of aliphatic imine (C=N–C) groups is 1. The zero-order valence-electron chi connectivity index (χ0n) is 17.7. The molecule has 1 aromatic rings. The highest BCUT2D eigenvalue weighted by atomic mass is 16.7. The minimum absolute atomic E-state index is 0.224. The van der Waals surface area contributed by atoms with E-state index in [0.717, 1.165) is 17.1 Å². The summed E-state index contributed by atoms with van der Waals surface area (Å²) in [6.07, 6.45) is -0.315. The van der Waals surface area contributed by atoms with E-state index in [1.54, 1.807) is 19.0 Å². The summed E-state index contributed by atoms with van der Waals surface area (Å²) in [6, 6.07) is 5.86. The van der Waals surface area contributed by atoms with Crippen molar-refractivity contribution in [3.8, 4) is 11.5 Å². The number of ether oxygens (including phenoxy) is 3. The van der Waals surface area contributed by atoms with Gasteiger partial charge in [-0.05, 0) is 44.4 Å². The van der Waals surface area contributed by atoms with Crippen LogP contribution in [0.15, 0.2) is 23.2 Å². The second kappa shape index (κ2) is 9.52. The third kappa shape index (κ3) is 6.83. The third-order valence-electron chi connectivity index (χ3n) is 4.03. The maximum atomic E-state index is 12.1. The first-order chi connectivity index (χ1) is 13.2. The van der Waals surface area contributed by atoms with Gasteiger partial charge in [-0.3, -0.25) is 4.99 Å². The van der Waals surface area contributed by atoms with Crippen LogP contribution in [0.2, 0.25) is 0 Å². The van der Waals surface area contributed by atoms with Crippen molar-refractivity contribution in [1.82, 2.24) is 15.5 Å². The molecule has 8 nitrogen and oxygen atoms in total. The van der Waals surface area contributed by atoms with Crippen LogP contribution in [0.5, 0.6) is 11.5 Å². The van der Waals surface area contributed by atoms with E-state index in [1.807, 2.05) is 39.0 Å². The normalized spacial score (nSPS) is 14.4. The number of hydrogen-bond donors (Lipinski definition) is 2. The van der Waals surface area contributed by atoms with E-state index in [-0.39, 0.29) is 18.8 Å². The Kier molecular flexibility index (Phi) is 7.37. The summed E-state index contributed by atoms with van der Waals surface area (Å²) in [4.78, 5) is 17.9. The van der Waals surface area contributed by atoms with E-state index in [2.05, 4.69) is 22.5 Å². The summed E-state index contributed by atoms with van der Waals surface area (Å²) in [5, 5.41) is 6.57. The highest BCUT2D eigenvalue weighted by molar-refractivity contribution is 5.79. The zero-order valence-corrected chi connectivity index (χ0v) is 17.7. The molecule has 28 heavy (non-hydrogen) atoms. The van der Waals surface area contributed by atoms with Crippen molar-refractivity contribution < 1.29 is 19.0 Å². The van der Waals surface area contributed by atoms with Crippen molar-refractivity contribution >= 4 is 12.1 Å². The second-order valence-electron chi connectivity index (χ2n) is 7.96. The molecule has 0 bridgehead atoms. The Labute approximate surface area is 167 Å². The minimum atomic E-state index is -0.493. The molecule has 1 aliphatic rings. The quantitative estimate of drug-likeness (QED) is 0.572. The Hall–Kier alpha value is -2.64. The number of benzene rings is 1. The molecule has 1 aliphatic heterocycles. The number of carbonyl (C=O) groups excluding carboxylic acids is 1. The van der Waals surface area contributed by atoms with Gasteiger partial charge in [0.05, 0.1) is 0 Å². The lowest BCUT2D eigenvalue weighted by atomic mass is 10.1. The van der Waals surface area contributed by atoms with Crippen LogP contribution < -0.4 is 20.1 Å². The number of rotatable bonds is 6. The van der Waals surface area contributed by atoms with Crippen LogP contribution in [-0.4, -0.2) is 56.5 Å². The molecule has 0 saturated carbocycles. The van der Waals surface area contributed by atoms with Gasteiger partial charge in [-0.1, -0.05) is 13.0 Å². The molecule has 1 heterocycles. The van der Waals surface area contributed by atoms with Crippen molar-refractivity contribution in [2.75, 3.05) is 34.0 Å². The number of nitrogens with one attached hydrogen (secondary N) is 2. The average Bonchev–Trinajstić information content (AvgIpc) is 3.08. The van der Waals surface area contributed by atoms with E-state index in [1.165, 1.54) is 0 Å². The lowest BCUT2D eigenvalue weighted by Gasteiger charge is -2.26. The van der Waals surface area contributed by atoms with Gasteiger partial charge in [-0.15, -0.1) is 0 Å².